The molecule has 3 aromatic rings. The first-order valence-corrected chi connectivity index (χ1v) is 13.4. The number of nitrogens with zero attached hydrogens (tertiary/aromatic N) is 3. The molecule has 0 saturated carbocycles. The molecule has 0 aliphatic carbocycles. The summed E-state index contributed by atoms with van der Waals surface area (Å²) in [5.41, 5.74) is 2.59. The third-order valence-corrected chi connectivity index (χ3v) is 7.52. The number of esters is 1. The highest BCUT2D eigenvalue weighted by Crippen LogP contribution is 2.31. The maximum absolute atomic E-state index is 13.8. The van der Waals surface area contributed by atoms with Gasteiger partial charge in [0.25, 0.3) is 5.91 Å². The molecule has 1 aromatic heterocycles. The number of amides is 1. The number of benzene rings is 2. The molecule has 1 atom stereocenters. The van der Waals surface area contributed by atoms with Gasteiger partial charge in [0.2, 0.25) is 10.0 Å². The number of likely N-dealkylation sites (tertiary alicyclic amines) is 1. The minimum Gasteiger partial charge on any atom is -0.466 e. The first-order chi connectivity index (χ1) is 16.7. The highest BCUT2D eigenvalue weighted by atomic mass is 32.2. The Morgan fingerprint density at radius 2 is 1.91 bits per heavy atom. The van der Waals surface area contributed by atoms with Crippen LogP contribution in [0.2, 0.25) is 0 Å². The largest absolute Gasteiger partial charge is 0.466 e. The summed E-state index contributed by atoms with van der Waals surface area (Å²) in [6.07, 6.45) is 1.35. The number of carbonyl (C=O) groups excluding carboxylic acids is 2. The number of sulfonamides is 1. The highest BCUT2D eigenvalue weighted by molar-refractivity contribution is 7.92. The number of nitrogens with one attached hydrogen (secondary N) is 1. The van der Waals surface area contributed by atoms with Gasteiger partial charge < -0.3 is 14.2 Å². The molecule has 9 nitrogen and oxygen atoms in total. The molecule has 1 amide bonds. The number of rotatable bonds is 7. The fourth-order valence-corrected chi connectivity index (χ4v) is 5.08. The van der Waals surface area contributed by atoms with Crippen LogP contribution in [0.3, 0.4) is 0 Å². The van der Waals surface area contributed by atoms with E-state index in [0.717, 1.165) is 5.56 Å². The van der Waals surface area contributed by atoms with Crippen LogP contribution >= 0.6 is 0 Å². The fourth-order valence-electron chi connectivity index (χ4n) is 4.46. The number of aromatic nitrogens is 2. The van der Waals surface area contributed by atoms with Crippen molar-refractivity contribution < 1.29 is 22.7 Å². The van der Waals surface area contributed by atoms with Crippen LogP contribution in [0.5, 0.6) is 0 Å². The second-order valence-electron chi connectivity index (χ2n) is 8.60. The van der Waals surface area contributed by atoms with Crippen LogP contribution in [0, 0.1) is 5.92 Å². The number of aryl methyl sites for hydroxylation is 1. The Kier molecular flexibility index (Phi) is 7.11. The van der Waals surface area contributed by atoms with Gasteiger partial charge >= 0.3 is 5.97 Å². The minimum absolute atomic E-state index is 0.0981. The monoisotopic (exact) mass is 498 g/mol. The van der Waals surface area contributed by atoms with E-state index in [-0.39, 0.29) is 35.8 Å². The number of ether oxygens (including phenoxy) is 1. The van der Waals surface area contributed by atoms with Crippen molar-refractivity contribution in [2.45, 2.75) is 26.7 Å². The number of imidazole rings is 1. The predicted molar refractivity (Wildman–Crippen MR) is 134 cm³/mol. The van der Waals surface area contributed by atoms with Gasteiger partial charge in [-0.2, -0.15) is 0 Å². The van der Waals surface area contributed by atoms with E-state index < -0.39 is 10.0 Å². The lowest BCUT2D eigenvalue weighted by Crippen LogP contribution is -2.43. The number of anilines is 1. The van der Waals surface area contributed by atoms with Crippen LogP contribution in [0.4, 0.5) is 5.69 Å². The van der Waals surface area contributed by atoms with Crippen LogP contribution in [-0.4, -0.2) is 60.2 Å². The van der Waals surface area contributed by atoms with Crippen LogP contribution < -0.4 is 4.72 Å². The first kappa shape index (κ1) is 24.7. The van der Waals surface area contributed by atoms with E-state index in [1.54, 1.807) is 30.9 Å². The molecule has 2 heterocycles. The fraction of sp³-hybridized carbons (Fsp3) is 0.400. The van der Waals surface area contributed by atoms with Gasteiger partial charge in [0, 0.05) is 25.7 Å². The Balaban J connectivity index is 1.80. The summed E-state index contributed by atoms with van der Waals surface area (Å²) < 4.78 is 34.1. The summed E-state index contributed by atoms with van der Waals surface area (Å²) in [5, 5.41) is 0. The summed E-state index contributed by atoms with van der Waals surface area (Å²) in [6, 6.07) is 12.8. The molecule has 1 fully saturated rings. The lowest BCUT2D eigenvalue weighted by Gasteiger charge is -2.31. The van der Waals surface area contributed by atoms with E-state index in [2.05, 4.69) is 4.72 Å². The molecule has 4 rings (SSSR count). The van der Waals surface area contributed by atoms with Crippen LogP contribution in [0.25, 0.3) is 22.4 Å². The normalized spacial score (nSPS) is 16.3. The highest BCUT2D eigenvalue weighted by Gasteiger charge is 2.31. The molecule has 0 bridgehead atoms. The predicted octanol–water partition coefficient (Wildman–Crippen LogP) is 3.42. The van der Waals surface area contributed by atoms with Crippen molar-refractivity contribution in [3.8, 4) is 11.4 Å². The second-order valence-corrected chi connectivity index (χ2v) is 10.6. The summed E-state index contributed by atoms with van der Waals surface area (Å²) in [4.78, 5) is 32.5. The maximum Gasteiger partial charge on any atom is 0.310 e. The van der Waals surface area contributed by atoms with Gasteiger partial charge in [0.15, 0.2) is 0 Å². The van der Waals surface area contributed by atoms with Crippen molar-refractivity contribution >= 4 is 38.6 Å². The molecule has 0 radical (unpaired) electrons. The van der Waals surface area contributed by atoms with Gasteiger partial charge in [-0.25, -0.2) is 13.4 Å². The number of hydrogen-bond acceptors (Lipinski definition) is 6. The number of piperidine rings is 1. The smallest absolute Gasteiger partial charge is 0.310 e. The summed E-state index contributed by atoms with van der Waals surface area (Å²) in [7, 11) is -1.73. The van der Waals surface area contributed by atoms with E-state index in [4.69, 9.17) is 9.72 Å². The lowest BCUT2D eigenvalue weighted by molar-refractivity contribution is -0.149. The zero-order valence-electron chi connectivity index (χ0n) is 20.2. The van der Waals surface area contributed by atoms with E-state index in [0.29, 0.717) is 48.4 Å². The van der Waals surface area contributed by atoms with E-state index >= 15 is 0 Å². The molecule has 1 saturated heterocycles. The quantitative estimate of drug-likeness (QED) is 0.500. The van der Waals surface area contributed by atoms with Crippen molar-refractivity contribution in [1.82, 2.24) is 14.5 Å². The number of carbonyl (C=O) groups is 2. The third kappa shape index (κ3) is 5.17. The Labute approximate surface area is 205 Å². The van der Waals surface area contributed by atoms with Gasteiger partial charge in [0.1, 0.15) is 5.82 Å². The Hall–Kier alpha value is -3.40. The van der Waals surface area contributed by atoms with Crippen molar-refractivity contribution in [3.05, 3.63) is 48.0 Å². The second kappa shape index (κ2) is 10.1. The van der Waals surface area contributed by atoms with Crippen LogP contribution in [0.15, 0.2) is 42.5 Å². The third-order valence-electron chi connectivity index (χ3n) is 6.21. The topological polar surface area (TPSA) is 111 Å². The van der Waals surface area contributed by atoms with Gasteiger partial charge in [0.05, 0.1) is 40.6 Å². The van der Waals surface area contributed by atoms with E-state index in [9.17, 15) is 18.0 Å². The van der Waals surface area contributed by atoms with Crippen molar-refractivity contribution in [3.63, 3.8) is 0 Å². The van der Waals surface area contributed by atoms with Crippen molar-refractivity contribution in [1.29, 1.82) is 0 Å². The molecule has 1 aliphatic heterocycles. The van der Waals surface area contributed by atoms with E-state index in [1.165, 1.54) is 0 Å². The van der Waals surface area contributed by atoms with Gasteiger partial charge in [-0.3, -0.25) is 14.3 Å². The molecule has 0 unspecified atom stereocenters. The summed E-state index contributed by atoms with van der Waals surface area (Å²) in [5.74, 6) is -0.390. The Morgan fingerprint density at radius 1 is 1.17 bits per heavy atom. The molecule has 35 heavy (non-hydrogen) atoms. The molecule has 186 valence electrons. The average Bonchev–Trinajstić information content (AvgIpc) is 3.19. The van der Waals surface area contributed by atoms with Gasteiger partial charge in [-0.05, 0) is 38.8 Å². The first-order valence-electron chi connectivity index (χ1n) is 11.8. The molecule has 2 aromatic carbocycles. The maximum atomic E-state index is 13.8. The minimum atomic E-state index is -3.56. The summed E-state index contributed by atoms with van der Waals surface area (Å²) >= 11 is 0. The number of fused-ring (bicyclic) bond motifs is 1. The van der Waals surface area contributed by atoms with Gasteiger partial charge in [-0.15, -0.1) is 0 Å². The molecular formula is C25H30N4O5S. The zero-order chi connectivity index (χ0) is 25.2. The van der Waals surface area contributed by atoms with E-state index in [1.807, 2.05) is 41.9 Å². The SMILES string of the molecule is CCOC(=O)[C@H]1CCCN(C(=O)c2cc(NS(=O)(=O)CC)cc3nc(-c4ccccc4)n(C)c23)C1. The van der Waals surface area contributed by atoms with Crippen LogP contribution in [-0.2, 0) is 26.6 Å². The summed E-state index contributed by atoms with van der Waals surface area (Å²) in [6.45, 7) is 4.36. The van der Waals surface area contributed by atoms with Crippen molar-refractivity contribution in [2.24, 2.45) is 13.0 Å². The lowest BCUT2D eigenvalue weighted by atomic mass is 9.97. The van der Waals surface area contributed by atoms with Crippen molar-refractivity contribution in [2.75, 3.05) is 30.2 Å². The molecule has 1 N–H and O–H groups in total. The Morgan fingerprint density at radius 3 is 2.60 bits per heavy atom. The molecule has 10 heteroatoms. The van der Waals surface area contributed by atoms with Gasteiger partial charge in [-0.1, -0.05) is 30.3 Å². The Bertz CT molecular complexity index is 1350. The standard InChI is InChI=1S/C25H30N4O5S/c1-4-34-25(31)18-12-9-13-29(16-18)24(30)20-14-19(27-35(32,33)5-2)15-21-22(20)28(3)23(26-21)17-10-7-6-8-11-17/h6-8,10-11,14-15,18,27H,4-5,9,12-13,16H2,1-3H3/t18-/m0/s1. The van der Waals surface area contributed by atoms with Crippen LogP contribution in [0.1, 0.15) is 37.0 Å². The molecule has 1 aliphatic rings. The molecular weight excluding hydrogens is 468 g/mol. The zero-order valence-corrected chi connectivity index (χ0v) is 21.0. The number of hydrogen-bond donors (Lipinski definition) is 1. The molecule has 0 spiro atoms. The average molecular weight is 499 g/mol.